The van der Waals surface area contributed by atoms with Crippen molar-refractivity contribution in [3.63, 3.8) is 0 Å². The van der Waals surface area contributed by atoms with Gasteiger partial charge in [0.05, 0.1) is 0 Å². The number of hydrogen-bond acceptors (Lipinski definition) is 1. The second-order valence-electron chi connectivity index (χ2n) is 1.59. The molecule has 40 valence electrons. The molecule has 0 aliphatic carbocycles. The topological polar surface area (TPSA) is 22.0 Å². The first kappa shape index (κ1) is 4.36. The van der Waals surface area contributed by atoms with Crippen molar-refractivity contribution >= 4 is 19.6 Å². The maximum absolute atomic E-state index is 10.7. The third-order valence-corrected chi connectivity index (χ3v) is 3.16. The number of hydrogen-bond donors (Lipinski definition) is 0. The summed E-state index contributed by atoms with van der Waals surface area (Å²) in [7, 11) is 0. The van der Waals surface area contributed by atoms with Gasteiger partial charge in [0.1, 0.15) is 0 Å². The normalized spacial score (nSPS) is 13.0. The van der Waals surface area contributed by atoms with E-state index >= 15 is 0 Å². The number of aromatic nitrogens is 1. The molecule has 3 rings (SSSR count). The number of pyridine rings is 1. The van der Waals surface area contributed by atoms with E-state index in [0.29, 0.717) is 15.2 Å². The predicted octanol–water partition coefficient (Wildman–Crippen LogP) is -1.05. The number of fused-ring (bicyclic) bond motifs is 2. The van der Waals surface area contributed by atoms with Crippen molar-refractivity contribution in [2.75, 3.05) is 0 Å². The van der Waals surface area contributed by atoms with E-state index in [2.05, 4.69) is 0 Å². The molecule has 8 heavy (non-hydrogen) atoms. The average Bonchev–Trinajstić information content (AvgIpc) is 1.89. The molecule has 0 radical (unpaired) electrons. The van der Waals surface area contributed by atoms with Gasteiger partial charge in [0.25, 0.3) is 0 Å². The van der Waals surface area contributed by atoms with Crippen LogP contribution in [-0.4, -0.2) is 18.8 Å². The molecular weight excluding hydrogens is 169 g/mol. The quantitative estimate of drug-likeness (QED) is 0.465. The van der Waals surface area contributed by atoms with Gasteiger partial charge in [-0.1, -0.05) is 0 Å². The van der Waals surface area contributed by atoms with Crippen LogP contribution < -0.4 is 10.0 Å². The van der Waals surface area contributed by atoms with Crippen LogP contribution in [-0.2, 0) is 0 Å². The van der Waals surface area contributed by atoms with E-state index in [1.54, 1.807) is 3.58 Å². The van der Waals surface area contributed by atoms with E-state index in [1.807, 2.05) is 18.3 Å². The summed E-state index contributed by atoms with van der Waals surface area (Å²) in [4.78, 5) is 10.7. The molecule has 0 saturated carbocycles. The third kappa shape index (κ3) is 0.358. The van der Waals surface area contributed by atoms with Gasteiger partial charge in [-0.05, 0) is 0 Å². The Morgan fingerprint density at radius 2 is 2.50 bits per heavy atom. The van der Waals surface area contributed by atoms with Crippen LogP contribution >= 0.6 is 0 Å². The zero-order chi connectivity index (χ0) is 5.56. The monoisotopic (exact) mass is 173 g/mol. The van der Waals surface area contributed by atoms with Crippen molar-refractivity contribution in [3.05, 3.63) is 28.7 Å². The average molecular weight is 172 g/mol. The van der Waals surface area contributed by atoms with Gasteiger partial charge in [0.2, 0.25) is 0 Å². The zero-order valence-corrected chi connectivity index (χ0v) is 5.71. The summed E-state index contributed by atoms with van der Waals surface area (Å²) in [5.74, 6) is 0. The van der Waals surface area contributed by atoms with E-state index in [4.69, 9.17) is 0 Å². The van der Waals surface area contributed by atoms with Crippen molar-refractivity contribution in [1.29, 1.82) is 0 Å². The van der Waals surface area contributed by atoms with Crippen LogP contribution in [0.4, 0.5) is 0 Å². The van der Waals surface area contributed by atoms with Gasteiger partial charge in [-0.15, -0.1) is 0 Å². The Balaban J connectivity index is 2.94. The molecule has 0 spiro atoms. The van der Waals surface area contributed by atoms with Gasteiger partial charge in [-0.3, -0.25) is 0 Å². The summed E-state index contributed by atoms with van der Waals surface area (Å²) in [5, 5.41) is 0. The van der Waals surface area contributed by atoms with Crippen LogP contribution in [0.1, 0.15) is 0 Å². The van der Waals surface area contributed by atoms with Crippen LogP contribution in [0.25, 0.3) is 0 Å². The standard InChI is InChI=1S/C5H3NOSe/c7-5-4-2-1-3-6(5)8-4/h1-3H. The molecule has 0 N–H and O–H groups in total. The molecule has 0 atom stereocenters. The maximum atomic E-state index is 10.7. The van der Waals surface area contributed by atoms with E-state index < -0.39 is 0 Å². The molecule has 1 aromatic rings. The van der Waals surface area contributed by atoms with Gasteiger partial charge in [-0.2, -0.15) is 0 Å². The van der Waals surface area contributed by atoms with Crippen molar-refractivity contribution in [3.8, 4) is 0 Å². The molecule has 3 heterocycles. The van der Waals surface area contributed by atoms with E-state index in [0.717, 1.165) is 4.46 Å². The van der Waals surface area contributed by atoms with E-state index in [-0.39, 0.29) is 5.56 Å². The molecule has 0 fully saturated rings. The van der Waals surface area contributed by atoms with E-state index in [1.165, 1.54) is 0 Å². The number of nitrogens with zero attached hydrogens (tertiary/aromatic N) is 1. The Morgan fingerprint density at radius 3 is 2.75 bits per heavy atom. The first-order chi connectivity index (χ1) is 3.88. The van der Waals surface area contributed by atoms with Gasteiger partial charge >= 0.3 is 51.9 Å². The fourth-order valence-electron chi connectivity index (χ4n) is 0.664. The fraction of sp³-hybridized carbons (Fsp3) is 0. The van der Waals surface area contributed by atoms with Crippen LogP contribution in [0.5, 0.6) is 0 Å². The molecule has 1 aromatic heterocycles. The van der Waals surface area contributed by atoms with Gasteiger partial charge in [-0.25, -0.2) is 0 Å². The minimum atomic E-state index is 0.201. The van der Waals surface area contributed by atoms with Gasteiger partial charge < -0.3 is 0 Å². The fourth-order valence-corrected chi connectivity index (χ4v) is 2.15. The molecule has 2 bridgehead atoms. The van der Waals surface area contributed by atoms with Crippen molar-refractivity contribution in [1.82, 2.24) is 3.58 Å². The summed E-state index contributed by atoms with van der Waals surface area (Å²) in [6, 6.07) is 3.80. The second kappa shape index (κ2) is 1.24. The Labute approximate surface area is 52.5 Å². The SMILES string of the molecule is O=c1c2cccn1[Se]2. The minimum absolute atomic E-state index is 0.201. The first-order valence-corrected chi connectivity index (χ1v) is 3.90. The summed E-state index contributed by atoms with van der Waals surface area (Å²) in [6.45, 7) is 0. The third-order valence-electron chi connectivity index (χ3n) is 1.08. The van der Waals surface area contributed by atoms with Crippen LogP contribution in [0.3, 0.4) is 0 Å². The van der Waals surface area contributed by atoms with E-state index in [9.17, 15) is 4.79 Å². The molecule has 0 saturated heterocycles. The van der Waals surface area contributed by atoms with Crippen molar-refractivity contribution < 1.29 is 0 Å². The summed E-state index contributed by atoms with van der Waals surface area (Å²) in [6.07, 6.45) is 1.83. The molecule has 3 heteroatoms. The molecule has 2 aliphatic rings. The summed E-state index contributed by atoms with van der Waals surface area (Å²) < 4.78 is 2.75. The molecule has 2 aliphatic heterocycles. The van der Waals surface area contributed by atoms with Crippen LogP contribution in [0.15, 0.2) is 23.1 Å². The van der Waals surface area contributed by atoms with Crippen molar-refractivity contribution in [2.45, 2.75) is 0 Å². The van der Waals surface area contributed by atoms with Crippen molar-refractivity contribution in [2.24, 2.45) is 0 Å². The second-order valence-corrected chi connectivity index (χ2v) is 3.73. The predicted molar refractivity (Wildman–Crippen MR) is 31.5 cm³/mol. The molecule has 0 amide bonds. The Kier molecular flexibility index (Phi) is 0.678. The molecular formula is C5H3NOSe. The molecule has 2 nitrogen and oxygen atoms in total. The Morgan fingerprint density at radius 1 is 1.62 bits per heavy atom. The van der Waals surface area contributed by atoms with Gasteiger partial charge in [0.15, 0.2) is 0 Å². The summed E-state index contributed by atoms with van der Waals surface area (Å²) >= 11 is 0.339. The molecule has 0 unspecified atom stereocenters. The molecule has 0 aromatic carbocycles. The van der Waals surface area contributed by atoms with Gasteiger partial charge in [0, 0.05) is 0 Å². The summed E-state index contributed by atoms with van der Waals surface area (Å²) in [5.41, 5.74) is 0.201. The van der Waals surface area contributed by atoms with Crippen LogP contribution in [0, 0.1) is 0 Å². The number of rotatable bonds is 0. The van der Waals surface area contributed by atoms with Crippen LogP contribution in [0.2, 0.25) is 0 Å². The Bertz CT molecular complexity index is 255. The zero-order valence-electron chi connectivity index (χ0n) is 4.00. The first-order valence-electron chi connectivity index (χ1n) is 2.28. The Hall–Kier alpha value is -0.531.